The maximum atomic E-state index is 14.3. The third-order valence-corrected chi connectivity index (χ3v) is 11.4. The first-order valence-corrected chi connectivity index (χ1v) is 18.0. The van der Waals surface area contributed by atoms with Crippen molar-refractivity contribution in [3.05, 3.63) is 0 Å². The standard InChI is InChI=1S/C35H59N7O6/c1-19(2)24(17-37-32(47)38-21-14-9-8-10-15-21)40-33(48)41-28(34(3,4)5)31(46)42-18-22-25(35(22,6)7)26(42)30(45)39-23(27(43)29(36)44)16-20-12-11-13-20/h19-26,28H,8-18H2,1-7H3,(H2,36,44)(H,39,45)(H2,37,38,47)(H2,40,41,48)/t22-,23?,24+,25-,26-,28+/m0/s1. The summed E-state index contributed by atoms with van der Waals surface area (Å²) in [5.41, 5.74) is 4.45. The highest BCUT2D eigenvalue weighted by atomic mass is 16.2. The molecular formula is C35H59N7O6. The number of nitrogens with two attached hydrogens (primary N) is 1. The van der Waals surface area contributed by atoms with E-state index in [1.54, 1.807) is 4.90 Å². The smallest absolute Gasteiger partial charge is 0.315 e. The van der Waals surface area contributed by atoms with Gasteiger partial charge in [0.05, 0.1) is 12.1 Å². The van der Waals surface area contributed by atoms with Gasteiger partial charge in [-0.1, -0.05) is 87.0 Å². The Balaban J connectivity index is 1.43. The van der Waals surface area contributed by atoms with E-state index < -0.39 is 53.2 Å². The summed E-state index contributed by atoms with van der Waals surface area (Å²) in [6.07, 6.45) is 8.56. The molecule has 13 heteroatoms. The summed E-state index contributed by atoms with van der Waals surface area (Å²) in [7, 11) is 0. The first kappa shape index (κ1) is 37.4. The predicted molar refractivity (Wildman–Crippen MR) is 181 cm³/mol. The number of urea groups is 2. The average molecular weight is 674 g/mol. The lowest BCUT2D eigenvalue weighted by molar-refractivity contribution is -0.145. The summed E-state index contributed by atoms with van der Waals surface area (Å²) in [6.45, 7) is 14.1. The first-order valence-electron chi connectivity index (χ1n) is 18.0. The highest BCUT2D eigenvalue weighted by molar-refractivity contribution is 6.37. The summed E-state index contributed by atoms with van der Waals surface area (Å²) in [5.74, 6) is -2.60. The molecule has 0 aromatic heterocycles. The van der Waals surface area contributed by atoms with E-state index in [4.69, 9.17) is 5.73 Å². The third kappa shape index (κ3) is 8.80. The second kappa shape index (κ2) is 15.0. The number of ketones is 1. The molecule has 270 valence electrons. The molecular weight excluding hydrogens is 614 g/mol. The Morgan fingerprint density at radius 1 is 0.875 bits per heavy atom. The van der Waals surface area contributed by atoms with Gasteiger partial charge in [-0.15, -0.1) is 0 Å². The summed E-state index contributed by atoms with van der Waals surface area (Å²) >= 11 is 0. The van der Waals surface area contributed by atoms with Gasteiger partial charge in [-0.2, -0.15) is 0 Å². The second-order valence-corrected chi connectivity index (χ2v) is 16.7. The molecule has 4 fully saturated rings. The minimum atomic E-state index is -1.09. The maximum absolute atomic E-state index is 14.3. The van der Waals surface area contributed by atoms with Crippen LogP contribution in [0.1, 0.15) is 106 Å². The Bertz CT molecular complexity index is 1240. The number of amides is 7. The van der Waals surface area contributed by atoms with Crippen LogP contribution in [0.15, 0.2) is 0 Å². The van der Waals surface area contributed by atoms with Crippen molar-refractivity contribution >= 4 is 35.6 Å². The summed E-state index contributed by atoms with van der Waals surface area (Å²) < 4.78 is 0. The molecule has 1 heterocycles. The van der Waals surface area contributed by atoms with Gasteiger partial charge < -0.3 is 37.2 Å². The number of nitrogens with zero attached hydrogens (tertiary/aromatic N) is 1. The Morgan fingerprint density at radius 3 is 2.06 bits per heavy atom. The molecule has 1 aliphatic heterocycles. The van der Waals surface area contributed by atoms with Gasteiger partial charge in [-0.05, 0) is 53.8 Å². The zero-order chi connectivity index (χ0) is 35.6. The third-order valence-electron chi connectivity index (χ3n) is 11.4. The zero-order valence-electron chi connectivity index (χ0n) is 29.9. The minimum absolute atomic E-state index is 0.00786. The molecule has 1 unspecified atom stereocenters. The molecule has 0 aromatic carbocycles. The molecule has 0 aromatic rings. The summed E-state index contributed by atoms with van der Waals surface area (Å²) in [4.78, 5) is 80.3. The molecule has 4 aliphatic rings. The number of likely N-dealkylation sites (tertiary alicyclic amines) is 1. The highest BCUT2D eigenvalue weighted by Crippen LogP contribution is 2.65. The number of carbonyl (C=O) groups is 6. The summed E-state index contributed by atoms with van der Waals surface area (Å²) in [5, 5.41) is 14.5. The lowest BCUT2D eigenvalue weighted by Gasteiger charge is -2.38. The fraction of sp³-hybridized carbons (Fsp3) is 0.829. The lowest BCUT2D eigenvalue weighted by Crippen LogP contribution is -2.62. The van der Waals surface area contributed by atoms with Crippen LogP contribution in [0.5, 0.6) is 0 Å². The van der Waals surface area contributed by atoms with Crippen LogP contribution in [-0.2, 0) is 19.2 Å². The van der Waals surface area contributed by atoms with Gasteiger partial charge in [0.25, 0.3) is 5.91 Å². The number of hydrogen-bond donors (Lipinski definition) is 6. The number of rotatable bonds is 13. The number of Topliss-reactive ketones (excluding diaryl/α,β-unsaturated/α-hetero) is 1. The Morgan fingerprint density at radius 2 is 1.52 bits per heavy atom. The van der Waals surface area contributed by atoms with E-state index in [9.17, 15) is 28.8 Å². The molecule has 4 rings (SSSR count). The van der Waals surface area contributed by atoms with Crippen LogP contribution in [0.4, 0.5) is 9.59 Å². The highest BCUT2D eigenvalue weighted by Gasteiger charge is 2.70. The van der Waals surface area contributed by atoms with Crippen molar-refractivity contribution in [3.63, 3.8) is 0 Å². The van der Waals surface area contributed by atoms with Gasteiger partial charge in [0.15, 0.2) is 0 Å². The van der Waals surface area contributed by atoms with Gasteiger partial charge in [-0.3, -0.25) is 19.2 Å². The van der Waals surface area contributed by atoms with Gasteiger partial charge in [0, 0.05) is 19.1 Å². The normalized spacial score (nSPS) is 25.5. The number of fused-ring (bicyclic) bond motifs is 1. The topological polar surface area (TPSA) is 192 Å². The average Bonchev–Trinajstić information content (AvgIpc) is 3.29. The summed E-state index contributed by atoms with van der Waals surface area (Å²) in [6, 6.07) is -3.90. The molecule has 13 nitrogen and oxygen atoms in total. The van der Waals surface area contributed by atoms with E-state index in [0.717, 1.165) is 44.9 Å². The second-order valence-electron chi connectivity index (χ2n) is 16.7. The lowest BCUT2D eigenvalue weighted by atomic mass is 9.80. The largest absolute Gasteiger partial charge is 0.363 e. The molecule has 6 atom stereocenters. The van der Waals surface area contributed by atoms with Crippen LogP contribution in [0.25, 0.3) is 0 Å². The van der Waals surface area contributed by atoms with E-state index in [0.29, 0.717) is 13.0 Å². The number of hydrogen-bond acceptors (Lipinski definition) is 6. The molecule has 0 radical (unpaired) electrons. The van der Waals surface area contributed by atoms with Crippen molar-refractivity contribution in [2.75, 3.05) is 13.1 Å². The fourth-order valence-electron chi connectivity index (χ4n) is 7.83. The van der Waals surface area contributed by atoms with E-state index in [1.807, 2.05) is 34.6 Å². The number of primary amides is 1. The van der Waals surface area contributed by atoms with Gasteiger partial charge >= 0.3 is 12.1 Å². The molecule has 3 saturated carbocycles. The van der Waals surface area contributed by atoms with Crippen LogP contribution >= 0.6 is 0 Å². The fourth-order valence-corrected chi connectivity index (χ4v) is 7.83. The molecule has 48 heavy (non-hydrogen) atoms. The van der Waals surface area contributed by atoms with E-state index in [2.05, 4.69) is 40.4 Å². The van der Waals surface area contributed by atoms with E-state index in [-0.39, 0.29) is 53.6 Å². The Labute approximate surface area is 285 Å². The van der Waals surface area contributed by atoms with Crippen molar-refractivity contribution in [2.24, 2.45) is 40.2 Å². The van der Waals surface area contributed by atoms with Crippen LogP contribution < -0.4 is 32.3 Å². The molecule has 3 aliphatic carbocycles. The number of nitrogens with one attached hydrogen (secondary N) is 5. The quantitative estimate of drug-likeness (QED) is 0.163. The van der Waals surface area contributed by atoms with Crippen LogP contribution in [-0.4, -0.2) is 83.8 Å². The predicted octanol–water partition coefficient (Wildman–Crippen LogP) is 2.57. The van der Waals surface area contributed by atoms with Crippen molar-refractivity contribution < 1.29 is 28.8 Å². The van der Waals surface area contributed by atoms with E-state index >= 15 is 0 Å². The van der Waals surface area contributed by atoms with Crippen molar-refractivity contribution in [1.82, 2.24) is 31.5 Å². The van der Waals surface area contributed by atoms with Crippen LogP contribution in [0, 0.1) is 34.5 Å². The minimum Gasteiger partial charge on any atom is -0.363 e. The Hall–Kier alpha value is -3.38. The number of carbonyl (C=O) groups excluding carboxylic acids is 6. The monoisotopic (exact) mass is 673 g/mol. The zero-order valence-corrected chi connectivity index (χ0v) is 29.9. The van der Waals surface area contributed by atoms with Crippen LogP contribution in [0.2, 0.25) is 0 Å². The Kier molecular flexibility index (Phi) is 11.7. The van der Waals surface area contributed by atoms with Gasteiger partial charge in [0.2, 0.25) is 17.6 Å². The van der Waals surface area contributed by atoms with Gasteiger partial charge in [-0.25, -0.2) is 9.59 Å². The maximum Gasteiger partial charge on any atom is 0.315 e. The number of piperidine rings is 1. The SMILES string of the molecule is CC(C)[C@@H](CNC(=O)NC1CCCCC1)NC(=O)N[C@H](C(=O)N1C[C@H]2[C@@H]([C@H]1C(=O)NC(CC1CCC1)C(=O)C(N)=O)C2(C)C)C(C)(C)C. The van der Waals surface area contributed by atoms with Crippen molar-refractivity contribution in [3.8, 4) is 0 Å². The molecule has 1 saturated heterocycles. The van der Waals surface area contributed by atoms with Crippen LogP contribution in [0.3, 0.4) is 0 Å². The van der Waals surface area contributed by atoms with Crippen molar-refractivity contribution in [2.45, 2.75) is 136 Å². The van der Waals surface area contributed by atoms with Gasteiger partial charge in [0.1, 0.15) is 12.1 Å². The molecule has 7 N–H and O–H groups in total. The molecule has 0 bridgehead atoms. The van der Waals surface area contributed by atoms with Crippen molar-refractivity contribution in [1.29, 1.82) is 0 Å². The first-order chi connectivity index (χ1) is 22.4. The molecule has 7 amide bonds. The van der Waals surface area contributed by atoms with E-state index in [1.165, 1.54) is 6.42 Å². The molecule has 0 spiro atoms.